The molecule has 12 heteroatoms. The van der Waals surface area contributed by atoms with Crippen LogP contribution in [0.4, 0.5) is 4.39 Å². The molecule has 1 aliphatic carbocycles. The molecular weight excluding hydrogens is 767 g/mol. The Morgan fingerprint density at radius 1 is 0.864 bits per heavy atom. The van der Waals surface area contributed by atoms with Gasteiger partial charge >= 0.3 is 0 Å². The minimum atomic E-state index is -0.680. The number of carbonyl (C=O) groups is 3. The molecule has 0 spiro atoms. The molecule has 1 saturated carbocycles. The van der Waals surface area contributed by atoms with Crippen molar-refractivity contribution in [2.75, 3.05) is 13.1 Å². The molecule has 0 radical (unpaired) electrons. The molecule has 7 atom stereocenters. The minimum absolute atomic E-state index is 0.0240. The van der Waals surface area contributed by atoms with E-state index in [2.05, 4.69) is 69.5 Å². The fraction of sp³-hybridized carbons (Fsp3) is 0.362. The molecule has 10 nitrogen and oxygen atoms in total. The van der Waals surface area contributed by atoms with Crippen LogP contribution in [0.5, 0.6) is 0 Å². The molecule has 1 aromatic heterocycles. The first kappa shape index (κ1) is 40.4. The highest BCUT2D eigenvalue weighted by atomic mass is 35.5. The number of carbonyl (C=O) groups excluding carboxylic acids is 3. The van der Waals surface area contributed by atoms with Crippen molar-refractivity contribution < 1.29 is 23.3 Å². The molecule has 59 heavy (non-hydrogen) atoms. The largest absolute Gasteiger partial charge is 0.355 e. The number of rotatable bonds is 12. The summed E-state index contributed by atoms with van der Waals surface area (Å²) in [6.45, 7) is 9.06. The second-order valence-corrected chi connectivity index (χ2v) is 17.2. The van der Waals surface area contributed by atoms with Gasteiger partial charge in [0, 0.05) is 41.7 Å². The molecule has 5 aromatic rings. The van der Waals surface area contributed by atoms with Crippen LogP contribution >= 0.6 is 11.6 Å². The van der Waals surface area contributed by atoms with Crippen LogP contribution in [-0.4, -0.2) is 64.0 Å². The zero-order chi connectivity index (χ0) is 41.4. The third-order valence-electron chi connectivity index (χ3n) is 12.0. The van der Waals surface area contributed by atoms with Crippen LogP contribution in [0.3, 0.4) is 0 Å². The van der Waals surface area contributed by atoms with Crippen molar-refractivity contribution in [1.82, 2.24) is 31.1 Å². The predicted molar refractivity (Wildman–Crippen MR) is 225 cm³/mol. The summed E-state index contributed by atoms with van der Waals surface area (Å²) < 4.78 is 19.0. The summed E-state index contributed by atoms with van der Waals surface area (Å²) in [7, 11) is 0. The van der Waals surface area contributed by atoms with Crippen LogP contribution in [0.25, 0.3) is 11.3 Å². The number of nitrogens with zero attached hydrogens (tertiary/aromatic N) is 3. The zero-order valence-corrected chi connectivity index (χ0v) is 34.5. The van der Waals surface area contributed by atoms with E-state index >= 15 is 0 Å². The van der Waals surface area contributed by atoms with Crippen LogP contribution in [-0.2, 0) is 9.59 Å². The number of nitrogens with one attached hydrogen (secondary N) is 3. The van der Waals surface area contributed by atoms with E-state index in [0.29, 0.717) is 41.7 Å². The Labute approximate surface area is 349 Å². The first-order chi connectivity index (χ1) is 28.4. The summed E-state index contributed by atoms with van der Waals surface area (Å²) in [5, 5.41) is 13.3. The Bertz CT molecular complexity index is 2300. The highest BCUT2D eigenvalue weighted by Crippen LogP contribution is 2.42. The number of halogens is 2. The number of hydrazine groups is 1. The van der Waals surface area contributed by atoms with Crippen molar-refractivity contribution in [3.8, 4) is 11.3 Å². The maximum absolute atomic E-state index is 14.1. The Morgan fingerprint density at radius 3 is 2.29 bits per heavy atom. The van der Waals surface area contributed by atoms with Gasteiger partial charge in [0.15, 0.2) is 11.5 Å². The molecule has 306 valence electrons. The third kappa shape index (κ3) is 8.98. The van der Waals surface area contributed by atoms with E-state index < -0.39 is 24.0 Å². The van der Waals surface area contributed by atoms with Crippen LogP contribution in [0, 0.1) is 18.7 Å². The van der Waals surface area contributed by atoms with Gasteiger partial charge in [-0.3, -0.25) is 19.8 Å². The van der Waals surface area contributed by atoms with Crippen molar-refractivity contribution in [3.63, 3.8) is 0 Å². The van der Waals surface area contributed by atoms with Gasteiger partial charge in [-0.15, -0.1) is 0 Å². The number of benzene rings is 4. The minimum Gasteiger partial charge on any atom is -0.355 e. The normalized spacial score (nSPS) is 23.8. The van der Waals surface area contributed by atoms with E-state index in [1.54, 1.807) is 17.0 Å². The molecule has 2 aliphatic heterocycles. The first-order valence-electron chi connectivity index (χ1n) is 20.5. The van der Waals surface area contributed by atoms with E-state index in [1.807, 2.05) is 57.2 Å². The Morgan fingerprint density at radius 2 is 1.58 bits per heavy atom. The Balaban J connectivity index is 0.988. The number of aromatic nitrogens is 1. The molecule has 3 fully saturated rings. The first-order valence-corrected chi connectivity index (χ1v) is 20.9. The fourth-order valence-electron chi connectivity index (χ4n) is 8.66. The van der Waals surface area contributed by atoms with E-state index in [4.69, 9.17) is 16.1 Å². The van der Waals surface area contributed by atoms with Gasteiger partial charge < -0.3 is 20.1 Å². The average molecular weight is 817 g/mol. The summed E-state index contributed by atoms with van der Waals surface area (Å²) in [6.07, 6.45) is 2.08. The van der Waals surface area contributed by atoms with Crippen molar-refractivity contribution in [2.24, 2.45) is 5.92 Å². The van der Waals surface area contributed by atoms with Gasteiger partial charge in [-0.1, -0.05) is 98.2 Å². The molecule has 3 N–H and O–H groups in total. The van der Waals surface area contributed by atoms with Crippen LogP contribution in [0.15, 0.2) is 108 Å². The summed E-state index contributed by atoms with van der Waals surface area (Å²) in [6, 6.07) is 30.2. The van der Waals surface area contributed by atoms with Crippen molar-refractivity contribution in [3.05, 3.63) is 147 Å². The highest BCUT2D eigenvalue weighted by molar-refractivity contribution is 6.30. The monoisotopic (exact) mass is 816 g/mol. The Hall–Kier alpha value is -5.36. The maximum Gasteiger partial charge on any atom is 0.276 e. The van der Waals surface area contributed by atoms with Crippen molar-refractivity contribution in [2.45, 2.75) is 89.0 Å². The lowest BCUT2D eigenvalue weighted by molar-refractivity contribution is -0.133. The lowest BCUT2D eigenvalue weighted by Crippen LogP contribution is -2.61. The number of amides is 3. The number of hydrogen-bond donors (Lipinski definition) is 3. The Kier molecular flexibility index (Phi) is 11.7. The van der Waals surface area contributed by atoms with Gasteiger partial charge in [0.2, 0.25) is 11.8 Å². The van der Waals surface area contributed by atoms with Crippen LogP contribution in [0.2, 0.25) is 5.02 Å². The van der Waals surface area contributed by atoms with Gasteiger partial charge in [-0.25, -0.2) is 9.40 Å². The highest BCUT2D eigenvalue weighted by Gasteiger charge is 2.44. The summed E-state index contributed by atoms with van der Waals surface area (Å²) in [4.78, 5) is 43.4. The maximum atomic E-state index is 14.1. The molecule has 0 bridgehead atoms. The second kappa shape index (κ2) is 17.1. The summed E-state index contributed by atoms with van der Waals surface area (Å²) in [5.74, 6) is -0.122. The smallest absolute Gasteiger partial charge is 0.276 e. The standard InChI is InChI=1S/C47H50ClFN6O4/c1-27(2)20-42-45(56)51-41(25-54(42)47(58)39-24-44(59-53-39)32-12-17-35(49)18-13-32)36-19-14-33(21-29(36)4)28(3)22-43-46(57)50-40(31-10-15-34(48)16-11-31)26-55(43)52-38-23-37(38)30-8-6-5-7-9-30/h5-19,21,24,27-28,37-38,40-43,52H,20,22-23,25-26H2,1-4H3,(H,50,57)(H,51,56). The molecule has 4 aromatic carbocycles. The molecule has 3 heterocycles. The quantitative estimate of drug-likeness (QED) is 0.116. The molecule has 3 aliphatic rings. The van der Waals surface area contributed by atoms with Gasteiger partial charge in [0.05, 0.1) is 12.1 Å². The van der Waals surface area contributed by atoms with Crippen LogP contribution < -0.4 is 16.1 Å². The van der Waals surface area contributed by atoms with Crippen molar-refractivity contribution >= 4 is 29.3 Å². The topological polar surface area (TPSA) is 120 Å². The van der Waals surface area contributed by atoms with E-state index in [9.17, 15) is 18.8 Å². The molecule has 2 saturated heterocycles. The summed E-state index contributed by atoms with van der Waals surface area (Å²) >= 11 is 6.20. The SMILES string of the molecule is Cc1cc(C(C)CC2C(=O)NC(c3ccc(Cl)cc3)CN2NC2CC2c2ccccc2)ccc1C1CN(C(=O)c2cc(-c3ccc(F)cc3)on2)C(CC(C)C)C(=O)N1. The van der Waals surface area contributed by atoms with Crippen LogP contribution in [0.1, 0.15) is 102 Å². The van der Waals surface area contributed by atoms with Crippen molar-refractivity contribution in [1.29, 1.82) is 0 Å². The van der Waals surface area contributed by atoms with Gasteiger partial charge in [-0.05, 0) is 102 Å². The van der Waals surface area contributed by atoms with E-state index in [0.717, 1.165) is 28.7 Å². The number of aryl methyl sites for hydroxylation is 1. The molecule has 8 rings (SSSR count). The van der Waals surface area contributed by atoms with Gasteiger partial charge in [0.25, 0.3) is 5.91 Å². The van der Waals surface area contributed by atoms with E-state index in [1.165, 1.54) is 23.8 Å². The molecular formula is C47H50ClFN6O4. The van der Waals surface area contributed by atoms with Gasteiger partial charge in [-0.2, -0.15) is 0 Å². The average Bonchev–Trinajstić information content (AvgIpc) is 3.81. The third-order valence-corrected chi connectivity index (χ3v) is 12.3. The van der Waals surface area contributed by atoms with Gasteiger partial charge in [0.1, 0.15) is 17.9 Å². The fourth-order valence-corrected chi connectivity index (χ4v) is 8.79. The second-order valence-electron chi connectivity index (χ2n) is 16.8. The number of piperazine rings is 2. The van der Waals surface area contributed by atoms with E-state index in [-0.39, 0.29) is 53.8 Å². The molecule has 7 unspecified atom stereocenters. The summed E-state index contributed by atoms with van der Waals surface area (Å²) in [5.41, 5.74) is 9.70. The predicted octanol–water partition coefficient (Wildman–Crippen LogP) is 8.27. The lowest BCUT2D eigenvalue weighted by Gasteiger charge is -2.41. The lowest BCUT2D eigenvalue weighted by atomic mass is 9.87. The zero-order valence-electron chi connectivity index (χ0n) is 33.7. The number of hydrogen-bond acceptors (Lipinski definition) is 7. The molecule has 3 amide bonds.